The van der Waals surface area contributed by atoms with Gasteiger partial charge in [-0.05, 0) is 38.3 Å². The highest BCUT2D eigenvalue weighted by molar-refractivity contribution is 5.78. The van der Waals surface area contributed by atoms with Gasteiger partial charge in [0.05, 0.1) is 6.54 Å². The molecule has 2 amide bonds. The predicted octanol–water partition coefficient (Wildman–Crippen LogP) is 1.14. The molecule has 0 aliphatic carbocycles. The van der Waals surface area contributed by atoms with Crippen LogP contribution in [0.15, 0.2) is 24.4 Å². The Morgan fingerprint density at radius 3 is 2.34 bits per heavy atom. The molecule has 8 heteroatoms. The average molecular weight is 443 g/mol. The van der Waals surface area contributed by atoms with Crippen LogP contribution in [0.25, 0.3) is 0 Å². The molecule has 0 radical (unpaired) electrons. The molecular weight excluding hydrogens is 404 g/mol. The number of carbonyl (C=O) groups is 2. The smallest absolute Gasteiger partial charge is 0.236 e. The summed E-state index contributed by atoms with van der Waals surface area (Å²) in [5.41, 5.74) is 0. The van der Waals surface area contributed by atoms with Crippen molar-refractivity contribution in [2.45, 2.75) is 38.6 Å². The van der Waals surface area contributed by atoms with Crippen LogP contribution in [-0.2, 0) is 9.59 Å². The fraction of sp³-hybridized carbons (Fsp3) is 0.708. The molecule has 0 N–H and O–H groups in total. The number of piperazine rings is 2. The van der Waals surface area contributed by atoms with E-state index in [0.717, 1.165) is 84.1 Å². The molecular formula is C24H38N6O2. The highest BCUT2D eigenvalue weighted by Crippen LogP contribution is 2.17. The summed E-state index contributed by atoms with van der Waals surface area (Å²) in [4.78, 5) is 40.7. The normalized spacial score (nSPS) is 23.4. The summed E-state index contributed by atoms with van der Waals surface area (Å²) in [6.07, 6.45) is 5.90. The van der Waals surface area contributed by atoms with Gasteiger partial charge in [0.25, 0.3) is 0 Å². The molecule has 1 unspecified atom stereocenters. The van der Waals surface area contributed by atoms with Crippen molar-refractivity contribution < 1.29 is 9.59 Å². The van der Waals surface area contributed by atoms with Crippen LogP contribution >= 0.6 is 0 Å². The molecule has 0 bridgehead atoms. The van der Waals surface area contributed by atoms with E-state index in [4.69, 9.17) is 0 Å². The summed E-state index contributed by atoms with van der Waals surface area (Å²) in [6.45, 7) is 11.3. The first-order chi connectivity index (χ1) is 15.6. The van der Waals surface area contributed by atoms with Crippen molar-refractivity contribution in [1.29, 1.82) is 0 Å². The summed E-state index contributed by atoms with van der Waals surface area (Å²) in [7, 11) is 0. The van der Waals surface area contributed by atoms with Crippen LogP contribution in [0.5, 0.6) is 0 Å². The van der Waals surface area contributed by atoms with E-state index in [1.54, 1.807) is 0 Å². The van der Waals surface area contributed by atoms with Crippen molar-refractivity contribution in [1.82, 2.24) is 24.6 Å². The molecule has 0 spiro atoms. The second-order valence-electron chi connectivity index (χ2n) is 9.36. The Labute approximate surface area is 192 Å². The van der Waals surface area contributed by atoms with Crippen LogP contribution in [-0.4, -0.2) is 114 Å². The van der Waals surface area contributed by atoms with Crippen molar-refractivity contribution in [2.75, 3.05) is 76.9 Å². The Bertz CT molecular complexity index is 744. The van der Waals surface area contributed by atoms with Crippen molar-refractivity contribution in [3.63, 3.8) is 0 Å². The zero-order chi connectivity index (χ0) is 22.3. The van der Waals surface area contributed by atoms with Gasteiger partial charge in [0, 0.05) is 84.1 Å². The van der Waals surface area contributed by atoms with Gasteiger partial charge in [-0.3, -0.25) is 14.5 Å². The highest BCUT2D eigenvalue weighted by Gasteiger charge is 2.27. The van der Waals surface area contributed by atoms with Crippen molar-refractivity contribution in [3.05, 3.63) is 24.4 Å². The maximum Gasteiger partial charge on any atom is 0.236 e. The predicted molar refractivity (Wildman–Crippen MR) is 126 cm³/mol. The van der Waals surface area contributed by atoms with Gasteiger partial charge in [0.15, 0.2) is 0 Å². The topological polar surface area (TPSA) is 63.2 Å². The zero-order valence-corrected chi connectivity index (χ0v) is 19.5. The van der Waals surface area contributed by atoms with E-state index in [1.165, 1.54) is 6.42 Å². The van der Waals surface area contributed by atoms with Crippen LogP contribution in [0.3, 0.4) is 0 Å². The molecule has 1 aromatic heterocycles. The molecule has 4 heterocycles. The number of likely N-dealkylation sites (tertiary alicyclic amines) is 1. The van der Waals surface area contributed by atoms with Gasteiger partial charge in [-0.2, -0.15) is 0 Å². The van der Waals surface area contributed by atoms with E-state index >= 15 is 0 Å². The fourth-order valence-corrected chi connectivity index (χ4v) is 5.06. The monoisotopic (exact) mass is 442 g/mol. The lowest BCUT2D eigenvalue weighted by Crippen LogP contribution is -2.53. The number of pyridine rings is 1. The average Bonchev–Trinajstić information content (AvgIpc) is 2.84. The Balaban J connectivity index is 1.12. The number of hydrogen-bond acceptors (Lipinski definition) is 6. The van der Waals surface area contributed by atoms with E-state index < -0.39 is 0 Å². The van der Waals surface area contributed by atoms with Crippen LogP contribution in [0.1, 0.15) is 32.6 Å². The molecule has 3 saturated heterocycles. The van der Waals surface area contributed by atoms with E-state index in [9.17, 15) is 9.59 Å². The molecule has 8 nitrogen and oxygen atoms in total. The Kier molecular flexibility index (Phi) is 7.97. The third-order valence-corrected chi connectivity index (χ3v) is 7.19. The Morgan fingerprint density at radius 2 is 1.66 bits per heavy atom. The third kappa shape index (κ3) is 5.98. The first-order valence-corrected chi connectivity index (χ1v) is 12.3. The van der Waals surface area contributed by atoms with Gasteiger partial charge >= 0.3 is 0 Å². The molecule has 1 atom stereocenters. The van der Waals surface area contributed by atoms with Crippen molar-refractivity contribution >= 4 is 17.6 Å². The van der Waals surface area contributed by atoms with Gasteiger partial charge in [-0.15, -0.1) is 0 Å². The Morgan fingerprint density at radius 1 is 0.906 bits per heavy atom. The molecule has 176 valence electrons. The molecule has 3 fully saturated rings. The quantitative estimate of drug-likeness (QED) is 0.658. The lowest BCUT2D eigenvalue weighted by atomic mass is 10.0. The number of rotatable bonds is 6. The standard InChI is InChI=1S/C24H38N6O2/c1-21-6-3-5-10-30(21)24(32)20-27-14-12-26(13-15-27)11-8-23(31)29-18-16-28(17-19-29)22-7-2-4-9-25-22/h2,4,7,9,21H,3,5-6,8,10-20H2,1H3. The molecule has 1 aromatic rings. The third-order valence-electron chi connectivity index (χ3n) is 7.19. The minimum absolute atomic E-state index is 0.252. The maximum atomic E-state index is 12.7. The van der Waals surface area contributed by atoms with Crippen LogP contribution in [0.2, 0.25) is 0 Å². The van der Waals surface area contributed by atoms with Gasteiger partial charge < -0.3 is 19.6 Å². The van der Waals surface area contributed by atoms with Crippen LogP contribution in [0, 0.1) is 0 Å². The number of hydrogen-bond donors (Lipinski definition) is 0. The minimum atomic E-state index is 0.252. The zero-order valence-electron chi connectivity index (χ0n) is 19.5. The lowest BCUT2D eigenvalue weighted by Gasteiger charge is -2.38. The number of amides is 2. The summed E-state index contributed by atoms with van der Waals surface area (Å²) in [6, 6.07) is 6.34. The minimum Gasteiger partial charge on any atom is -0.353 e. The number of aromatic nitrogens is 1. The van der Waals surface area contributed by atoms with E-state index in [0.29, 0.717) is 19.0 Å². The molecule has 0 aromatic carbocycles. The maximum absolute atomic E-state index is 12.7. The van der Waals surface area contributed by atoms with E-state index in [-0.39, 0.29) is 11.8 Å². The largest absolute Gasteiger partial charge is 0.353 e. The second kappa shape index (κ2) is 11.1. The van der Waals surface area contributed by atoms with E-state index in [1.807, 2.05) is 29.3 Å². The van der Waals surface area contributed by atoms with Gasteiger partial charge in [-0.25, -0.2) is 4.98 Å². The van der Waals surface area contributed by atoms with E-state index in [2.05, 4.69) is 31.5 Å². The van der Waals surface area contributed by atoms with Crippen molar-refractivity contribution in [2.24, 2.45) is 0 Å². The molecule has 32 heavy (non-hydrogen) atoms. The summed E-state index contributed by atoms with van der Waals surface area (Å²) >= 11 is 0. The second-order valence-corrected chi connectivity index (χ2v) is 9.36. The van der Waals surface area contributed by atoms with Crippen LogP contribution in [0.4, 0.5) is 5.82 Å². The van der Waals surface area contributed by atoms with Crippen LogP contribution < -0.4 is 4.90 Å². The molecule has 3 aliphatic rings. The SMILES string of the molecule is CC1CCCCN1C(=O)CN1CCN(CCC(=O)N2CCN(c3ccccn3)CC2)CC1. The highest BCUT2D eigenvalue weighted by atomic mass is 16.2. The van der Waals surface area contributed by atoms with Gasteiger partial charge in [0.2, 0.25) is 11.8 Å². The number of anilines is 1. The first-order valence-electron chi connectivity index (χ1n) is 12.3. The number of nitrogens with zero attached hydrogens (tertiary/aromatic N) is 6. The molecule has 3 aliphatic heterocycles. The summed E-state index contributed by atoms with van der Waals surface area (Å²) in [5.74, 6) is 1.53. The lowest BCUT2D eigenvalue weighted by molar-refractivity contribution is -0.136. The Hall–Kier alpha value is -2.19. The molecule has 4 rings (SSSR count). The van der Waals surface area contributed by atoms with Gasteiger partial charge in [0.1, 0.15) is 5.82 Å². The fourth-order valence-electron chi connectivity index (χ4n) is 5.06. The first kappa shape index (κ1) is 23.0. The van der Waals surface area contributed by atoms with Gasteiger partial charge in [-0.1, -0.05) is 6.07 Å². The number of piperidine rings is 1. The summed E-state index contributed by atoms with van der Waals surface area (Å²) in [5, 5.41) is 0. The summed E-state index contributed by atoms with van der Waals surface area (Å²) < 4.78 is 0. The van der Waals surface area contributed by atoms with Crippen molar-refractivity contribution in [3.8, 4) is 0 Å². The number of carbonyl (C=O) groups excluding carboxylic acids is 2. The molecule has 0 saturated carbocycles.